The van der Waals surface area contributed by atoms with Gasteiger partial charge in [-0.15, -0.1) is 0 Å². The number of rotatable bonds is 7. The van der Waals surface area contributed by atoms with Crippen molar-refractivity contribution in [2.45, 2.75) is 74.4 Å². The second-order valence-electron chi connectivity index (χ2n) is 5.73. The van der Waals surface area contributed by atoms with Crippen molar-refractivity contribution in [1.82, 2.24) is 0 Å². The molecule has 0 aromatic rings. The van der Waals surface area contributed by atoms with Gasteiger partial charge in [0.1, 0.15) is 54.9 Å². The quantitative estimate of drug-likeness (QED) is 0.216. The van der Waals surface area contributed by atoms with Gasteiger partial charge in [-0.3, -0.25) is 0 Å². The van der Waals surface area contributed by atoms with Gasteiger partial charge < -0.3 is 50.7 Å². The van der Waals surface area contributed by atoms with Crippen LogP contribution >= 0.6 is 0 Å². The van der Waals surface area contributed by atoms with Crippen molar-refractivity contribution in [3.8, 4) is 0 Å². The zero-order valence-electron chi connectivity index (χ0n) is 12.6. The summed E-state index contributed by atoms with van der Waals surface area (Å²) in [4.78, 5) is 0. The Morgan fingerprint density at radius 2 is 1.39 bits per heavy atom. The Bertz CT molecular complexity index is 354. The van der Waals surface area contributed by atoms with E-state index >= 15 is 0 Å². The van der Waals surface area contributed by atoms with Crippen LogP contribution in [0.2, 0.25) is 0 Å². The first-order valence-corrected chi connectivity index (χ1v) is 7.38. The highest BCUT2D eigenvalue weighted by Crippen LogP contribution is 2.25. The maximum Gasteiger partial charge on any atom is 0.115 e. The van der Waals surface area contributed by atoms with Crippen molar-refractivity contribution in [3.63, 3.8) is 0 Å². The second kappa shape index (κ2) is 8.62. The normalized spacial score (nSPS) is 38.6. The maximum absolute atomic E-state index is 10.0. The van der Waals surface area contributed by atoms with Crippen LogP contribution < -0.4 is 0 Å². The van der Waals surface area contributed by atoms with Gasteiger partial charge in [0.25, 0.3) is 0 Å². The lowest BCUT2D eigenvalue weighted by Gasteiger charge is -2.43. The highest BCUT2D eigenvalue weighted by molar-refractivity contribution is 4.98. The van der Waals surface area contributed by atoms with Crippen LogP contribution in [0.4, 0.5) is 0 Å². The molecule has 1 saturated heterocycles. The molecule has 10 nitrogen and oxygen atoms in total. The van der Waals surface area contributed by atoms with Crippen molar-refractivity contribution >= 4 is 0 Å². The average Bonchev–Trinajstić information content (AvgIpc) is 2.56. The molecule has 0 aromatic carbocycles. The molecular formula is C13H26O10. The van der Waals surface area contributed by atoms with Crippen LogP contribution in [0.3, 0.4) is 0 Å². The van der Waals surface area contributed by atoms with E-state index in [-0.39, 0.29) is 6.42 Å². The smallest absolute Gasteiger partial charge is 0.115 e. The Labute approximate surface area is 132 Å². The molecule has 0 bridgehead atoms. The van der Waals surface area contributed by atoms with E-state index in [1.165, 1.54) is 6.92 Å². The standard InChI is InChI=1S/C13H26O10/c1-2-4(15)6(16)8(18)10(20)12(22)13-11(21)9(19)7(17)5(3-14)23-13/h4-22H,2-3H2,1H3. The molecule has 0 aromatic heterocycles. The summed E-state index contributed by atoms with van der Waals surface area (Å²) in [5, 5.41) is 87.0. The van der Waals surface area contributed by atoms with E-state index in [4.69, 9.17) is 9.84 Å². The molecule has 0 amide bonds. The van der Waals surface area contributed by atoms with Gasteiger partial charge in [0, 0.05) is 0 Å². The lowest BCUT2D eigenvalue weighted by Crippen LogP contribution is -2.64. The van der Waals surface area contributed by atoms with Crippen molar-refractivity contribution in [3.05, 3.63) is 0 Å². The van der Waals surface area contributed by atoms with Crippen LogP contribution in [0.25, 0.3) is 0 Å². The molecule has 23 heavy (non-hydrogen) atoms. The number of aliphatic hydroxyl groups excluding tert-OH is 9. The third-order valence-corrected chi connectivity index (χ3v) is 4.13. The van der Waals surface area contributed by atoms with Crippen LogP contribution in [-0.4, -0.2) is 114 Å². The second-order valence-corrected chi connectivity index (χ2v) is 5.73. The van der Waals surface area contributed by atoms with Crippen molar-refractivity contribution in [1.29, 1.82) is 0 Å². The molecule has 0 radical (unpaired) electrons. The van der Waals surface area contributed by atoms with Gasteiger partial charge in [0.2, 0.25) is 0 Å². The fourth-order valence-corrected chi connectivity index (χ4v) is 2.48. The number of hydrogen-bond donors (Lipinski definition) is 9. The zero-order valence-corrected chi connectivity index (χ0v) is 12.6. The minimum Gasteiger partial charge on any atom is -0.394 e. The fraction of sp³-hybridized carbons (Fsp3) is 1.00. The minimum absolute atomic E-state index is 0.0844. The molecule has 0 spiro atoms. The summed E-state index contributed by atoms with van der Waals surface area (Å²) in [7, 11) is 0. The largest absolute Gasteiger partial charge is 0.394 e. The highest BCUT2D eigenvalue weighted by atomic mass is 16.6. The van der Waals surface area contributed by atoms with Gasteiger partial charge in [0.15, 0.2) is 0 Å². The van der Waals surface area contributed by atoms with E-state index in [0.29, 0.717) is 0 Å². The predicted molar refractivity (Wildman–Crippen MR) is 74.1 cm³/mol. The number of ether oxygens (including phenoxy) is 1. The molecule has 10 heteroatoms. The van der Waals surface area contributed by atoms with Gasteiger partial charge in [-0.25, -0.2) is 0 Å². The first-order valence-electron chi connectivity index (χ1n) is 7.38. The first-order chi connectivity index (χ1) is 10.7. The van der Waals surface area contributed by atoms with Crippen LogP contribution in [0.5, 0.6) is 0 Å². The van der Waals surface area contributed by atoms with Gasteiger partial charge >= 0.3 is 0 Å². The van der Waals surface area contributed by atoms with Crippen molar-refractivity contribution < 1.29 is 50.7 Å². The predicted octanol–water partition coefficient (Wildman–Crippen LogP) is -4.96. The van der Waals surface area contributed by atoms with E-state index in [9.17, 15) is 40.9 Å². The molecule has 9 N–H and O–H groups in total. The van der Waals surface area contributed by atoms with Crippen LogP contribution in [0.15, 0.2) is 0 Å². The monoisotopic (exact) mass is 342 g/mol. The molecule has 10 unspecified atom stereocenters. The highest BCUT2D eigenvalue weighted by Gasteiger charge is 2.49. The molecular weight excluding hydrogens is 316 g/mol. The van der Waals surface area contributed by atoms with Crippen LogP contribution in [-0.2, 0) is 4.74 Å². The zero-order chi connectivity index (χ0) is 17.9. The summed E-state index contributed by atoms with van der Waals surface area (Å²) < 4.78 is 5.05. The molecule has 1 rings (SSSR count). The molecule has 10 atom stereocenters. The van der Waals surface area contributed by atoms with Crippen molar-refractivity contribution in [2.24, 2.45) is 0 Å². The maximum atomic E-state index is 10.0. The van der Waals surface area contributed by atoms with Gasteiger partial charge in [-0.05, 0) is 6.42 Å². The first kappa shape index (κ1) is 20.6. The lowest BCUT2D eigenvalue weighted by molar-refractivity contribution is -0.264. The summed E-state index contributed by atoms with van der Waals surface area (Å²) in [5.41, 5.74) is 0. The molecule has 1 heterocycles. The molecule has 0 aliphatic carbocycles. The lowest BCUT2D eigenvalue weighted by atomic mass is 9.88. The van der Waals surface area contributed by atoms with Gasteiger partial charge in [-0.2, -0.15) is 0 Å². The molecule has 138 valence electrons. The van der Waals surface area contributed by atoms with Gasteiger partial charge in [-0.1, -0.05) is 6.92 Å². The minimum atomic E-state index is -2.02. The van der Waals surface area contributed by atoms with Crippen LogP contribution in [0, 0.1) is 0 Å². The van der Waals surface area contributed by atoms with E-state index < -0.39 is 67.6 Å². The number of aliphatic hydroxyl groups is 9. The van der Waals surface area contributed by atoms with E-state index in [0.717, 1.165) is 0 Å². The summed E-state index contributed by atoms with van der Waals surface area (Å²) in [6.45, 7) is 0.811. The van der Waals surface area contributed by atoms with Crippen molar-refractivity contribution in [2.75, 3.05) is 6.61 Å². The van der Waals surface area contributed by atoms with E-state index in [1.807, 2.05) is 0 Å². The number of hydrogen-bond acceptors (Lipinski definition) is 10. The Hall–Kier alpha value is -0.400. The third-order valence-electron chi connectivity index (χ3n) is 4.13. The van der Waals surface area contributed by atoms with E-state index in [2.05, 4.69) is 0 Å². The fourth-order valence-electron chi connectivity index (χ4n) is 2.48. The Balaban J connectivity index is 2.83. The Morgan fingerprint density at radius 1 is 0.826 bits per heavy atom. The summed E-state index contributed by atoms with van der Waals surface area (Å²) >= 11 is 0. The summed E-state index contributed by atoms with van der Waals surface area (Å²) in [6, 6.07) is 0. The topological polar surface area (TPSA) is 191 Å². The van der Waals surface area contributed by atoms with Gasteiger partial charge in [0.05, 0.1) is 12.7 Å². The molecule has 1 fully saturated rings. The Kier molecular flexibility index (Phi) is 7.74. The summed E-state index contributed by atoms with van der Waals surface area (Å²) in [6.07, 6.45) is -17.1. The summed E-state index contributed by atoms with van der Waals surface area (Å²) in [5.74, 6) is 0. The SMILES string of the molecule is CCC(O)C(O)C(O)C(O)C(O)C1OC(CO)C(O)C(O)C1O. The Morgan fingerprint density at radius 3 is 1.87 bits per heavy atom. The molecule has 1 aliphatic rings. The molecule has 1 aliphatic heterocycles. The average molecular weight is 342 g/mol. The van der Waals surface area contributed by atoms with E-state index in [1.54, 1.807) is 0 Å². The third kappa shape index (κ3) is 4.37. The molecule has 0 saturated carbocycles. The van der Waals surface area contributed by atoms with Crippen LogP contribution in [0.1, 0.15) is 13.3 Å².